The van der Waals surface area contributed by atoms with Crippen LogP contribution in [0.5, 0.6) is 0 Å². The van der Waals surface area contributed by atoms with Gasteiger partial charge in [-0.15, -0.1) is 35.3 Å². The fourth-order valence-electron chi connectivity index (χ4n) is 1.76. The van der Waals surface area contributed by atoms with Gasteiger partial charge in [0, 0.05) is 25.5 Å². The summed E-state index contributed by atoms with van der Waals surface area (Å²) in [6, 6.07) is 4.11. The quantitative estimate of drug-likeness (QED) is 0.276. The van der Waals surface area contributed by atoms with Crippen molar-refractivity contribution in [3.8, 4) is 0 Å². The van der Waals surface area contributed by atoms with Crippen molar-refractivity contribution < 1.29 is 4.79 Å². The molecule has 0 aliphatic carbocycles. The number of thiophene rings is 1. The number of rotatable bonds is 8. The van der Waals surface area contributed by atoms with Gasteiger partial charge in [0.2, 0.25) is 5.91 Å². The minimum absolute atomic E-state index is 0. The predicted octanol–water partition coefficient (Wildman–Crippen LogP) is 2.93. The molecular weight excluding hydrogens is 423 g/mol. The molecular formula is C16H29IN4OS. The van der Waals surface area contributed by atoms with Crippen LogP contribution in [0.4, 0.5) is 0 Å². The second-order valence-corrected chi connectivity index (χ2v) is 6.88. The first-order valence-electron chi connectivity index (χ1n) is 7.73. The van der Waals surface area contributed by atoms with Gasteiger partial charge in [-0.1, -0.05) is 19.9 Å². The second-order valence-electron chi connectivity index (χ2n) is 5.85. The zero-order valence-electron chi connectivity index (χ0n) is 14.5. The molecule has 7 heteroatoms. The third-order valence-corrected chi connectivity index (χ3v) is 4.01. The molecule has 1 aromatic rings. The topological polar surface area (TPSA) is 56.7 Å². The monoisotopic (exact) mass is 452 g/mol. The Labute approximate surface area is 161 Å². The number of carbonyl (C=O) groups is 1. The molecule has 0 fully saturated rings. The standard InChI is InChI=1S/C16H28N4OS.HI/c1-13(2)7-5-9-17-16(19-12-15(21)20(3)4)18-11-14-8-6-10-22-14;/h6,8,10,13H,5,7,9,11-12H2,1-4H3,(H2,17,18,19);1H. The number of aliphatic imine (C=N–C) groups is 1. The van der Waals surface area contributed by atoms with E-state index in [1.807, 2.05) is 6.07 Å². The number of nitrogens with zero attached hydrogens (tertiary/aromatic N) is 2. The third kappa shape index (κ3) is 10.5. The first-order chi connectivity index (χ1) is 10.5. The van der Waals surface area contributed by atoms with Gasteiger partial charge in [0.05, 0.1) is 6.54 Å². The fourth-order valence-corrected chi connectivity index (χ4v) is 2.41. The minimum Gasteiger partial charge on any atom is -0.356 e. The number of likely N-dealkylation sites (N-methyl/N-ethyl adjacent to an activating group) is 1. The van der Waals surface area contributed by atoms with Gasteiger partial charge in [0.15, 0.2) is 5.96 Å². The summed E-state index contributed by atoms with van der Waals surface area (Å²) in [4.78, 5) is 18.8. The summed E-state index contributed by atoms with van der Waals surface area (Å²) < 4.78 is 0. The van der Waals surface area contributed by atoms with Crippen LogP contribution >= 0.6 is 35.3 Å². The van der Waals surface area contributed by atoms with E-state index in [1.54, 1.807) is 30.3 Å². The van der Waals surface area contributed by atoms with Crippen molar-refractivity contribution in [2.45, 2.75) is 33.2 Å². The molecule has 0 bridgehead atoms. The number of nitrogens with one attached hydrogen (secondary N) is 2. The SMILES string of the molecule is CC(C)CCCNC(=NCC(=O)N(C)C)NCc1cccs1.I. The van der Waals surface area contributed by atoms with E-state index in [0.717, 1.165) is 19.5 Å². The van der Waals surface area contributed by atoms with Crippen molar-refractivity contribution in [3.63, 3.8) is 0 Å². The van der Waals surface area contributed by atoms with Crippen molar-refractivity contribution in [1.82, 2.24) is 15.5 Å². The van der Waals surface area contributed by atoms with Crippen LogP contribution < -0.4 is 10.6 Å². The Hall–Kier alpha value is -0.830. The Kier molecular flexibility index (Phi) is 12.1. The van der Waals surface area contributed by atoms with Crippen LogP contribution in [0.15, 0.2) is 22.5 Å². The lowest BCUT2D eigenvalue weighted by atomic mass is 10.1. The third-order valence-electron chi connectivity index (χ3n) is 3.13. The van der Waals surface area contributed by atoms with Crippen molar-refractivity contribution in [2.75, 3.05) is 27.2 Å². The highest BCUT2D eigenvalue weighted by Gasteiger charge is 2.05. The summed E-state index contributed by atoms with van der Waals surface area (Å²) >= 11 is 1.71. The van der Waals surface area contributed by atoms with E-state index in [9.17, 15) is 4.79 Å². The van der Waals surface area contributed by atoms with Crippen molar-refractivity contribution in [1.29, 1.82) is 0 Å². The highest BCUT2D eigenvalue weighted by molar-refractivity contribution is 14.0. The van der Waals surface area contributed by atoms with Gasteiger partial charge >= 0.3 is 0 Å². The summed E-state index contributed by atoms with van der Waals surface area (Å²) in [5.74, 6) is 1.41. The van der Waals surface area contributed by atoms with E-state index in [4.69, 9.17) is 0 Å². The number of carbonyl (C=O) groups excluding carboxylic acids is 1. The molecule has 0 aliphatic rings. The first kappa shape index (κ1) is 22.2. The first-order valence-corrected chi connectivity index (χ1v) is 8.61. The van der Waals surface area contributed by atoms with E-state index in [2.05, 4.69) is 40.9 Å². The van der Waals surface area contributed by atoms with Crippen molar-refractivity contribution in [3.05, 3.63) is 22.4 Å². The number of guanidine groups is 1. The zero-order chi connectivity index (χ0) is 16.4. The molecule has 1 rings (SSSR count). The maximum absolute atomic E-state index is 11.7. The van der Waals surface area contributed by atoms with Gasteiger partial charge in [-0.25, -0.2) is 4.99 Å². The van der Waals surface area contributed by atoms with E-state index < -0.39 is 0 Å². The number of hydrogen-bond acceptors (Lipinski definition) is 3. The van der Waals surface area contributed by atoms with Crippen LogP contribution in [0.2, 0.25) is 0 Å². The van der Waals surface area contributed by atoms with Gasteiger partial charge in [-0.2, -0.15) is 0 Å². The molecule has 1 aromatic heterocycles. The molecule has 0 atom stereocenters. The summed E-state index contributed by atoms with van der Waals surface area (Å²) in [5, 5.41) is 8.64. The molecule has 2 N–H and O–H groups in total. The Morgan fingerprint density at radius 3 is 2.65 bits per heavy atom. The molecule has 0 spiro atoms. The Morgan fingerprint density at radius 2 is 2.09 bits per heavy atom. The Morgan fingerprint density at radius 1 is 1.35 bits per heavy atom. The second kappa shape index (κ2) is 12.6. The lowest BCUT2D eigenvalue weighted by Crippen LogP contribution is -2.38. The molecule has 0 aromatic carbocycles. The number of hydrogen-bond donors (Lipinski definition) is 2. The van der Waals surface area contributed by atoms with Gasteiger partial charge < -0.3 is 15.5 Å². The smallest absolute Gasteiger partial charge is 0.243 e. The zero-order valence-corrected chi connectivity index (χ0v) is 17.6. The highest BCUT2D eigenvalue weighted by Crippen LogP contribution is 2.07. The van der Waals surface area contributed by atoms with E-state index in [0.29, 0.717) is 11.9 Å². The minimum atomic E-state index is -0.000552. The van der Waals surface area contributed by atoms with Gasteiger partial charge in [0.25, 0.3) is 0 Å². The molecule has 0 unspecified atom stereocenters. The summed E-state index contributed by atoms with van der Waals surface area (Å²) in [6.07, 6.45) is 2.28. The van der Waals surface area contributed by atoms with Crippen LogP contribution in [0.25, 0.3) is 0 Å². The lowest BCUT2D eigenvalue weighted by molar-refractivity contribution is -0.127. The Bertz CT molecular complexity index is 461. The molecule has 0 saturated carbocycles. The summed E-state index contributed by atoms with van der Waals surface area (Å²) in [6.45, 7) is 6.20. The van der Waals surface area contributed by atoms with Gasteiger partial charge in [-0.3, -0.25) is 4.79 Å². The molecule has 132 valence electrons. The van der Waals surface area contributed by atoms with Gasteiger partial charge in [-0.05, 0) is 30.2 Å². The average Bonchev–Trinajstić information content (AvgIpc) is 2.97. The number of amides is 1. The van der Waals surface area contributed by atoms with Crippen LogP contribution in [-0.4, -0.2) is 44.0 Å². The van der Waals surface area contributed by atoms with Gasteiger partial charge in [0.1, 0.15) is 6.54 Å². The molecule has 1 heterocycles. The molecule has 1 amide bonds. The van der Waals surface area contributed by atoms with Crippen molar-refractivity contribution >= 4 is 47.2 Å². The largest absolute Gasteiger partial charge is 0.356 e. The van der Waals surface area contributed by atoms with E-state index >= 15 is 0 Å². The normalized spacial score (nSPS) is 11.1. The summed E-state index contributed by atoms with van der Waals surface area (Å²) in [5.41, 5.74) is 0. The Balaban J connectivity index is 0.00000484. The predicted molar refractivity (Wildman–Crippen MR) is 110 cm³/mol. The average molecular weight is 452 g/mol. The van der Waals surface area contributed by atoms with Crippen LogP contribution in [-0.2, 0) is 11.3 Å². The maximum Gasteiger partial charge on any atom is 0.243 e. The maximum atomic E-state index is 11.7. The summed E-state index contributed by atoms with van der Waals surface area (Å²) in [7, 11) is 3.49. The molecule has 0 saturated heterocycles. The lowest BCUT2D eigenvalue weighted by Gasteiger charge is -2.14. The van der Waals surface area contributed by atoms with E-state index in [1.165, 1.54) is 11.3 Å². The van der Waals surface area contributed by atoms with E-state index in [-0.39, 0.29) is 36.4 Å². The molecule has 0 radical (unpaired) electrons. The molecule has 23 heavy (non-hydrogen) atoms. The molecule has 5 nitrogen and oxygen atoms in total. The number of halogens is 1. The fraction of sp³-hybridized carbons (Fsp3) is 0.625. The highest BCUT2D eigenvalue weighted by atomic mass is 127. The van der Waals surface area contributed by atoms with Crippen LogP contribution in [0.1, 0.15) is 31.6 Å². The van der Waals surface area contributed by atoms with Crippen molar-refractivity contribution in [2.24, 2.45) is 10.9 Å². The molecule has 0 aliphatic heterocycles. The van der Waals surface area contributed by atoms with Crippen LogP contribution in [0.3, 0.4) is 0 Å². The van der Waals surface area contributed by atoms with Crippen LogP contribution in [0, 0.1) is 5.92 Å².